The molecule has 1 heterocycles. The average Bonchev–Trinajstić information content (AvgIpc) is 2.51. The summed E-state index contributed by atoms with van der Waals surface area (Å²) >= 11 is 0. The molecule has 0 bridgehead atoms. The minimum Gasteiger partial charge on any atom is -0.469 e. The maximum Gasteiger partial charge on any atom is 0.412 e. The molecule has 0 spiro atoms. The molecule has 19 heavy (non-hydrogen) atoms. The van der Waals surface area contributed by atoms with Crippen LogP contribution < -0.4 is 0 Å². The van der Waals surface area contributed by atoms with Gasteiger partial charge in [0.05, 0.1) is 26.2 Å². The van der Waals surface area contributed by atoms with E-state index in [9.17, 15) is 9.59 Å². The van der Waals surface area contributed by atoms with E-state index in [-0.39, 0.29) is 18.4 Å². The fourth-order valence-electron chi connectivity index (χ4n) is 1.99. The SMILES string of the molecule is COC(=O)CC1COC(C)(C)N1C(=O)OC(C)(C)C. The number of carbonyl (C=O) groups excluding carboxylic acids is 2. The number of methoxy groups -OCH3 is 1. The van der Waals surface area contributed by atoms with Crippen molar-refractivity contribution in [2.75, 3.05) is 13.7 Å². The van der Waals surface area contributed by atoms with Crippen LogP contribution in [0.15, 0.2) is 0 Å². The summed E-state index contributed by atoms with van der Waals surface area (Å²) in [6.07, 6.45) is -0.386. The van der Waals surface area contributed by atoms with Gasteiger partial charge in [0.2, 0.25) is 0 Å². The second-order valence-corrected chi connectivity index (χ2v) is 6.04. The minimum absolute atomic E-state index is 0.0964. The van der Waals surface area contributed by atoms with Crippen molar-refractivity contribution in [2.24, 2.45) is 0 Å². The zero-order valence-corrected chi connectivity index (χ0v) is 12.5. The van der Waals surface area contributed by atoms with Gasteiger partial charge in [0.25, 0.3) is 0 Å². The summed E-state index contributed by atoms with van der Waals surface area (Å²) in [7, 11) is 1.32. The summed E-state index contributed by atoms with van der Waals surface area (Å²) in [5.74, 6) is -0.375. The molecular formula is C13H23NO5. The Hall–Kier alpha value is -1.30. The zero-order valence-electron chi connectivity index (χ0n) is 12.5. The van der Waals surface area contributed by atoms with Gasteiger partial charge in [-0.2, -0.15) is 0 Å². The summed E-state index contributed by atoms with van der Waals surface area (Å²) in [4.78, 5) is 25.1. The number of amides is 1. The molecule has 110 valence electrons. The van der Waals surface area contributed by atoms with Crippen molar-refractivity contribution >= 4 is 12.1 Å². The number of rotatable bonds is 2. The number of ether oxygens (including phenoxy) is 3. The van der Waals surface area contributed by atoms with Gasteiger partial charge in [0.15, 0.2) is 0 Å². The molecule has 1 aliphatic heterocycles. The van der Waals surface area contributed by atoms with E-state index in [0.717, 1.165) is 0 Å². The molecule has 6 heteroatoms. The van der Waals surface area contributed by atoms with Crippen LogP contribution in [0, 0.1) is 0 Å². The highest BCUT2D eigenvalue weighted by atomic mass is 16.6. The van der Waals surface area contributed by atoms with E-state index < -0.39 is 17.4 Å². The van der Waals surface area contributed by atoms with Crippen molar-refractivity contribution in [3.8, 4) is 0 Å². The molecule has 1 unspecified atom stereocenters. The standard InChI is InChI=1S/C13H23NO5/c1-12(2,3)19-11(16)14-9(7-10(15)17-6)8-18-13(14,4)5/h9H,7-8H2,1-6H3. The van der Waals surface area contributed by atoms with Crippen LogP contribution in [-0.2, 0) is 19.0 Å². The molecule has 1 aliphatic rings. The van der Waals surface area contributed by atoms with Gasteiger partial charge < -0.3 is 14.2 Å². The van der Waals surface area contributed by atoms with E-state index in [1.165, 1.54) is 12.0 Å². The summed E-state index contributed by atoms with van der Waals surface area (Å²) in [6, 6.07) is -0.364. The predicted molar refractivity (Wildman–Crippen MR) is 68.5 cm³/mol. The highest BCUT2D eigenvalue weighted by Crippen LogP contribution is 2.30. The van der Waals surface area contributed by atoms with E-state index in [0.29, 0.717) is 6.61 Å². The molecule has 1 fully saturated rings. The summed E-state index contributed by atoms with van der Waals surface area (Å²) in [5.41, 5.74) is -1.38. The van der Waals surface area contributed by atoms with E-state index in [1.54, 1.807) is 34.6 Å². The fourth-order valence-corrected chi connectivity index (χ4v) is 1.99. The number of carbonyl (C=O) groups is 2. The van der Waals surface area contributed by atoms with Gasteiger partial charge in [-0.15, -0.1) is 0 Å². The van der Waals surface area contributed by atoms with Crippen LogP contribution in [0.3, 0.4) is 0 Å². The fraction of sp³-hybridized carbons (Fsp3) is 0.846. The maximum atomic E-state index is 12.2. The van der Waals surface area contributed by atoms with Crippen molar-refractivity contribution in [3.05, 3.63) is 0 Å². The number of hydrogen-bond acceptors (Lipinski definition) is 5. The lowest BCUT2D eigenvalue weighted by Crippen LogP contribution is -2.50. The number of hydrogen-bond donors (Lipinski definition) is 0. The molecule has 6 nitrogen and oxygen atoms in total. The molecule has 1 atom stereocenters. The number of nitrogens with zero attached hydrogens (tertiary/aromatic N) is 1. The Balaban J connectivity index is 2.84. The van der Waals surface area contributed by atoms with Gasteiger partial charge in [-0.25, -0.2) is 4.79 Å². The number of esters is 1. The topological polar surface area (TPSA) is 65.1 Å². The third-order valence-corrected chi connectivity index (χ3v) is 2.79. The molecule has 0 radical (unpaired) electrons. The first-order valence-corrected chi connectivity index (χ1v) is 6.30. The Morgan fingerprint density at radius 2 is 1.95 bits per heavy atom. The summed E-state index contributed by atoms with van der Waals surface area (Å²) < 4.78 is 15.6. The third kappa shape index (κ3) is 4.09. The zero-order chi connectivity index (χ0) is 14.8. The lowest BCUT2D eigenvalue weighted by atomic mass is 10.1. The Bertz CT molecular complexity index is 359. The minimum atomic E-state index is -0.791. The predicted octanol–water partition coefficient (Wildman–Crippen LogP) is 1.92. The lowest BCUT2D eigenvalue weighted by Gasteiger charge is -2.34. The highest BCUT2D eigenvalue weighted by molar-refractivity contribution is 5.73. The van der Waals surface area contributed by atoms with Gasteiger partial charge in [-0.1, -0.05) is 0 Å². The van der Waals surface area contributed by atoms with Crippen molar-refractivity contribution in [3.63, 3.8) is 0 Å². The van der Waals surface area contributed by atoms with Crippen LogP contribution in [0.2, 0.25) is 0 Å². The van der Waals surface area contributed by atoms with Crippen LogP contribution in [0.25, 0.3) is 0 Å². The van der Waals surface area contributed by atoms with E-state index in [4.69, 9.17) is 9.47 Å². The van der Waals surface area contributed by atoms with Crippen molar-refractivity contribution in [1.29, 1.82) is 0 Å². The Morgan fingerprint density at radius 3 is 2.42 bits per heavy atom. The average molecular weight is 273 g/mol. The normalized spacial score (nSPS) is 22.2. The largest absolute Gasteiger partial charge is 0.469 e. The molecule has 1 amide bonds. The van der Waals surface area contributed by atoms with Gasteiger partial charge in [0.1, 0.15) is 11.3 Å². The van der Waals surface area contributed by atoms with Crippen LogP contribution in [-0.4, -0.2) is 48.0 Å². The molecule has 0 aliphatic carbocycles. The molecular weight excluding hydrogens is 250 g/mol. The molecule has 0 aromatic rings. The van der Waals surface area contributed by atoms with Crippen molar-refractivity contribution in [1.82, 2.24) is 4.90 Å². The van der Waals surface area contributed by atoms with Crippen LogP contribution in [0.5, 0.6) is 0 Å². The molecule has 0 saturated carbocycles. The lowest BCUT2D eigenvalue weighted by molar-refractivity contribution is -0.141. The molecule has 1 rings (SSSR count). The van der Waals surface area contributed by atoms with Crippen LogP contribution >= 0.6 is 0 Å². The quantitative estimate of drug-likeness (QED) is 0.719. The Labute approximate surface area is 114 Å². The van der Waals surface area contributed by atoms with E-state index in [2.05, 4.69) is 4.74 Å². The Kier molecular flexibility index (Phi) is 4.45. The van der Waals surface area contributed by atoms with E-state index >= 15 is 0 Å². The second-order valence-electron chi connectivity index (χ2n) is 6.04. The molecule has 0 aromatic carbocycles. The maximum absolute atomic E-state index is 12.2. The highest BCUT2D eigenvalue weighted by Gasteiger charge is 2.46. The molecule has 0 N–H and O–H groups in total. The van der Waals surface area contributed by atoms with Crippen molar-refractivity contribution in [2.45, 2.75) is 58.4 Å². The Morgan fingerprint density at radius 1 is 1.37 bits per heavy atom. The first-order chi connectivity index (χ1) is 8.57. The third-order valence-electron chi connectivity index (χ3n) is 2.79. The van der Waals surface area contributed by atoms with Crippen LogP contribution in [0.1, 0.15) is 41.0 Å². The van der Waals surface area contributed by atoms with Crippen LogP contribution in [0.4, 0.5) is 4.79 Å². The first-order valence-electron chi connectivity index (χ1n) is 6.30. The summed E-state index contributed by atoms with van der Waals surface area (Å²) in [6.45, 7) is 9.22. The van der Waals surface area contributed by atoms with Gasteiger partial charge in [-0.3, -0.25) is 9.69 Å². The van der Waals surface area contributed by atoms with Gasteiger partial charge in [0, 0.05) is 0 Å². The monoisotopic (exact) mass is 273 g/mol. The van der Waals surface area contributed by atoms with Gasteiger partial charge >= 0.3 is 12.1 Å². The molecule has 1 saturated heterocycles. The smallest absolute Gasteiger partial charge is 0.412 e. The first kappa shape index (κ1) is 15.8. The van der Waals surface area contributed by atoms with E-state index in [1.807, 2.05) is 0 Å². The summed E-state index contributed by atoms with van der Waals surface area (Å²) in [5, 5.41) is 0. The van der Waals surface area contributed by atoms with Gasteiger partial charge in [-0.05, 0) is 34.6 Å². The van der Waals surface area contributed by atoms with Crippen molar-refractivity contribution < 1.29 is 23.8 Å². The second kappa shape index (κ2) is 5.36. The molecule has 0 aromatic heterocycles.